The number of carbonyl (C=O) groups is 2. The largest absolute Gasteiger partial charge is 0.496 e. The topological polar surface area (TPSA) is 77.8 Å². The molecule has 0 saturated carbocycles. The molecule has 0 bridgehead atoms. The molecular weight excluding hydrogens is 402 g/mol. The first kappa shape index (κ1) is 17.8. The second-order valence-electron chi connectivity index (χ2n) is 5.17. The summed E-state index contributed by atoms with van der Waals surface area (Å²) in [5, 5.41) is 2.76. The highest BCUT2D eigenvalue weighted by molar-refractivity contribution is 9.10. The number of hydrogen-bond donors (Lipinski definition) is 1. The normalized spacial score (nSPS) is 10.2. The van der Waals surface area contributed by atoms with Crippen molar-refractivity contribution in [3.63, 3.8) is 0 Å². The highest BCUT2D eigenvalue weighted by atomic mass is 79.9. The fraction of sp³-hybridized carbons (Fsp3) is 0.0526. The lowest BCUT2D eigenvalue weighted by Gasteiger charge is -2.09. The molecule has 26 heavy (non-hydrogen) atoms. The Morgan fingerprint density at radius 2 is 1.73 bits per heavy atom. The highest BCUT2D eigenvalue weighted by Gasteiger charge is 2.14. The first-order chi connectivity index (χ1) is 12.6. The van der Waals surface area contributed by atoms with Crippen LogP contribution in [0.5, 0.6) is 11.5 Å². The third-order valence-electron chi connectivity index (χ3n) is 3.45. The molecule has 132 valence electrons. The number of hydrogen-bond acceptors (Lipinski definition) is 5. The molecule has 0 fully saturated rings. The number of anilines is 1. The minimum Gasteiger partial charge on any atom is -0.496 e. The number of methoxy groups -OCH3 is 1. The number of furan rings is 1. The van der Waals surface area contributed by atoms with Gasteiger partial charge < -0.3 is 19.2 Å². The molecule has 1 N–H and O–H groups in total. The lowest BCUT2D eigenvalue weighted by Crippen LogP contribution is -2.13. The van der Waals surface area contributed by atoms with E-state index in [0.29, 0.717) is 27.4 Å². The van der Waals surface area contributed by atoms with Crippen molar-refractivity contribution in [2.75, 3.05) is 12.4 Å². The Kier molecular flexibility index (Phi) is 5.38. The second-order valence-corrected chi connectivity index (χ2v) is 5.95. The van der Waals surface area contributed by atoms with Crippen LogP contribution in [0.4, 0.5) is 5.69 Å². The van der Waals surface area contributed by atoms with Gasteiger partial charge in [-0.1, -0.05) is 12.1 Å². The molecule has 0 radical (unpaired) electrons. The zero-order valence-corrected chi connectivity index (χ0v) is 15.3. The summed E-state index contributed by atoms with van der Waals surface area (Å²) in [7, 11) is 1.51. The van der Waals surface area contributed by atoms with Crippen molar-refractivity contribution in [2.45, 2.75) is 0 Å². The zero-order valence-electron chi connectivity index (χ0n) is 13.7. The maximum Gasteiger partial charge on any atom is 0.379 e. The van der Waals surface area contributed by atoms with Gasteiger partial charge in [-0.25, -0.2) is 4.79 Å². The van der Waals surface area contributed by atoms with Gasteiger partial charge in [0.15, 0.2) is 4.67 Å². The van der Waals surface area contributed by atoms with Gasteiger partial charge in [0.25, 0.3) is 5.91 Å². The lowest BCUT2D eigenvalue weighted by atomic mass is 10.2. The summed E-state index contributed by atoms with van der Waals surface area (Å²) in [4.78, 5) is 24.3. The molecule has 0 spiro atoms. The van der Waals surface area contributed by atoms with E-state index in [2.05, 4.69) is 21.2 Å². The maximum absolute atomic E-state index is 12.4. The fourth-order valence-corrected chi connectivity index (χ4v) is 2.52. The standard InChI is InChI=1S/C19H14BrNO5/c1-24-15-5-3-2-4-14(15)18(22)21-12-6-8-13(9-7-12)25-19(23)16-10-11-17(20)26-16/h2-11H,1H3,(H,21,22). The first-order valence-electron chi connectivity index (χ1n) is 7.59. The summed E-state index contributed by atoms with van der Waals surface area (Å²) in [6.45, 7) is 0. The van der Waals surface area contributed by atoms with Gasteiger partial charge >= 0.3 is 5.97 Å². The number of para-hydroxylation sites is 1. The molecule has 0 saturated heterocycles. The minimum absolute atomic E-state index is 0.0884. The van der Waals surface area contributed by atoms with E-state index >= 15 is 0 Å². The molecule has 0 aliphatic carbocycles. The van der Waals surface area contributed by atoms with Crippen LogP contribution in [0.2, 0.25) is 0 Å². The number of ether oxygens (including phenoxy) is 2. The number of esters is 1. The summed E-state index contributed by atoms with van der Waals surface area (Å²) >= 11 is 3.12. The number of carbonyl (C=O) groups excluding carboxylic acids is 2. The number of halogens is 1. The average Bonchev–Trinajstić information content (AvgIpc) is 3.10. The van der Waals surface area contributed by atoms with Crippen molar-refractivity contribution in [1.82, 2.24) is 0 Å². The minimum atomic E-state index is -0.610. The second kappa shape index (κ2) is 7.88. The molecule has 0 aliphatic heterocycles. The van der Waals surface area contributed by atoms with Crippen LogP contribution in [0, 0.1) is 0 Å². The van der Waals surface area contributed by atoms with Crippen LogP contribution < -0.4 is 14.8 Å². The Morgan fingerprint density at radius 1 is 1.00 bits per heavy atom. The highest BCUT2D eigenvalue weighted by Crippen LogP contribution is 2.22. The average molecular weight is 416 g/mol. The molecule has 1 aromatic heterocycles. The molecule has 1 heterocycles. The number of benzene rings is 2. The third kappa shape index (κ3) is 4.12. The van der Waals surface area contributed by atoms with Crippen LogP contribution in [0.15, 0.2) is 69.8 Å². The summed E-state index contributed by atoms with van der Waals surface area (Å²) in [5.41, 5.74) is 0.982. The Balaban J connectivity index is 1.66. The number of nitrogens with one attached hydrogen (secondary N) is 1. The van der Waals surface area contributed by atoms with Crippen molar-refractivity contribution < 1.29 is 23.5 Å². The van der Waals surface area contributed by atoms with E-state index < -0.39 is 5.97 Å². The predicted octanol–water partition coefficient (Wildman–Crippen LogP) is 4.52. The van der Waals surface area contributed by atoms with Gasteiger partial charge in [0.05, 0.1) is 12.7 Å². The Hall–Kier alpha value is -3.06. The predicted molar refractivity (Wildman–Crippen MR) is 98.8 cm³/mol. The summed E-state index contributed by atoms with van der Waals surface area (Å²) in [5.74, 6) is -0.00228. The first-order valence-corrected chi connectivity index (χ1v) is 8.38. The molecule has 3 aromatic rings. The van der Waals surface area contributed by atoms with Gasteiger partial charge in [-0.15, -0.1) is 0 Å². The van der Waals surface area contributed by atoms with E-state index in [1.807, 2.05) is 0 Å². The van der Waals surface area contributed by atoms with Crippen molar-refractivity contribution >= 4 is 33.5 Å². The monoisotopic (exact) mass is 415 g/mol. The van der Waals surface area contributed by atoms with Crippen molar-refractivity contribution in [2.24, 2.45) is 0 Å². The molecule has 0 atom stereocenters. The van der Waals surface area contributed by atoms with Gasteiger partial charge in [0.2, 0.25) is 5.76 Å². The summed E-state index contributed by atoms with van der Waals surface area (Å²) in [6, 6.07) is 16.5. The van der Waals surface area contributed by atoms with Crippen LogP contribution in [-0.2, 0) is 0 Å². The van der Waals surface area contributed by atoms with Crippen LogP contribution in [-0.4, -0.2) is 19.0 Å². The van der Waals surface area contributed by atoms with Crippen molar-refractivity contribution in [3.05, 3.63) is 76.7 Å². The van der Waals surface area contributed by atoms with Crippen LogP contribution >= 0.6 is 15.9 Å². The lowest BCUT2D eigenvalue weighted by molar-refractivity contribution is 0.0699. The smallest absolute Gasteiger partial charge is 0.379 e. The molecule has 1 amide bonds. The summed E-state index contributed by atoms with van der Waals surface area (Å²) in [6.07, 6.45) is 0. The van der Waals surface area contributed by atoms with Gasteiger partial charge in [-0.05, 0) is 64.5 Å². The van der Waals surface area contributed by atoms with Gasteiger partial charge in [0, 0.05) is 5.69 Å². The van der Waals surface area contributed by atoms with Crippen molar-refractivity contribution in [1.29, 1.82) is 0 Å². The third-order valence-corrected chi connectivity index (χ3v) is 3.87. The fourth-order valence-electron chi connectivity index (χ4n) is 2.22. The number of amides is 1. The SMILES string of the molecule is COc1ccccc1C(=O)Nc1ccc(OC(=O)c2ccc(Br)o2)cc1. The molecule has 0 aliphatic rings. The molecule has 0 unspecified atom stereocenters. The summed E-state index contributed by atoms with van der Waals surface area (Å²) < 4.78 is 16.0. The van der Waals surface area contributed by atoms with E-state index in [1.54, 1.807) is 54.6 Å². The van der Waals surface area contributed by atoms with E-state index in [9.17, 15) is 9.59 Å². The quantitative estimate of drug-likeness (QED) is 0.489. The maximum atomic E-state index is 12.4. The van der Waals surface area contributed by atoms with Crippen LogP contribution in [0.1, 0.15) is 20.9 Å². The van der Waals surface area contributed by atoms with Crippen LogP contribution in [0.3, 0.4) is 0 Å². The Bertz CT molecular complexity index is 933. The van der Waals surface area contributed by atoms with Gasteiger partial charge in [-0.3, -0.25) is 4.79 Å². The van der Waals surface area contributed by atoms with E-state index in [1.165, 1.54) is 13.2 Å². The molecular formula is C19H14BrNO5. The Labute approximate surface area is 157 Å². The van der Waals surface area contributed by atoms with E-state index in [0.717, 1.165) is 0 Å². The molecule has 6 nitrogen and oxygen atoms in total. The Morgan fingerprint density at radius 3 is 2.38 bits per heavy atom. The number of rotatable bonds is 5. The van der Waals surface area contributed by atoms with Crippen LogP contribution in [0.25, 0.3) is 0 Å². The molecule has 3 rings (SSSR count). The molecule has 7 heteroatoms. The van der Waals surface area contributed by atoms with Crippen molar-refractivity contribution in [3.8, 4) is 11.5 Å². The zero-order chi connectivity index (χ0) is 18.5. The van der Waals surface area contributed by atoms with E-state index in [-0.39, 0.29) is 11.7 Å². The van der Waals surface area contributed by atoms with Gasteiger partial charge in [-0.2, -0.15) is 0 Å². The molecule has 2 aromatic carbocycles. The van der Waals surface area contributed by atoms with E-state index in [4.69, 9.17) is 13.9 Å². The van der Waals surface area contributed by atoms with Gasteiger partial charge in [0.1, 0.15) is 11.5 Å².